The molecule has 2 aliphatic rings. The summed E-state index contributed by atoms with van der Waals surface area (Å²) in [4.78, 5) is 13.2. The summed E-state index contributed by atoms with van der Waals surface area (Å²) in [6.45, 7) is -0.291. The maximum atomic E-state index is 11.7. The van der Waals surface area contributed by atoms with Crippen molar-refractivity contribution in [2.24, 2.45) is 0 Å². The molecule has 1 amide bonds. The van der Waals surface area contributed by atoms with Gasteiger partial charge in [0.2, 0.25) is 5.91 Å². The predicted octanol–water partition coefficient (Wildman–Crippen LogP) is -1.15. The summed E-state index contributed by atoms with van der Waals surface area (Å²) in [5.41, 5.74) is 0. The van der Waals surface area contributed by atoms with Gasteiger partial charge in [-0.1, -0.05) is 0 Å². The van der Waals surface area contributed by atoms with Crippen LogP contribution in [-0.2, 0) is 4.79 Å². The zero-order chi connectivity index (χ0) is 11.0. The Morgan fingerprint density at radius 1 is 1.40 bits per heavy atom. The molecule has 2 fully saturated rings. The van der Waals surface area contributed by atoms with E-state index in [1.54, 1.807) is 4.90 Å². The Morgan fingerprint density at radius 2 is 2.13 bits per heavy atom. The lowest BCUT2D eigenvalue weighted by molar-refractivity contribution is -0.161. The number of aliphatic hydroxyl groups is 3. The summed E-state index contributed by atoms with van der Waals surface area (Å²) in [5, 5.41) is 28.5. The first-order chi connectivity index (χ1) is 7.15. The highest BCUT2D eigenvalue weighted by Gasteiger charge is 2.44. The van der Waals surface area contributed by atoms with E-state index < -0.39 is 18.2 Å². The van der Waals surface area contributed by atoms with Crippen molar-refractivity contribution in [1.82, 2.24) is 4.90 Å². The summed E-state index contributed by atoms with van der Waals surface area (Å²) in [5.74, 6) is -0.0174. The van der Waals surface area contributed by atoms with Gasteiger partial charge in [-0.25, -0.2) is 0 Å². The third-order valence-corrected chi connectivity index (χ3v) is 3.46. The van der Waals surface area contributed by atoms with E-state index >= 15 is 0 Å². The Hall–Kier alpha value is -0.650. The lowest BCUT2D eigenvalue weighted by Crippen LogP contribution is -2.63. The molecule has 0 unspecified atom stereocenters. The largest absolute Gasteiger partial charge is 0.394 e. The number of hydrogen-bond acceptors (Lipinski definition) is 4. The zero-order valence-electron chi connectivity index (χ0n) is 8.54. The predicted molar refractivity (Wildman–Crippen MR) is 52.0 cm³/mol. The number of piperidine rings is 2. The molecule has 86 valence electrons. The van der Waals surface area contributed by atoms with E-state index in [0.29, 0.717) is 12.8 Å². The maximum Gasteiger partial charge on any atom is 0.223 e. The molecule has 4 atom stereocenters. The van der Waals surface area contributed by atoms with Crippen LogP contribution in [0.2, 0.25) is 0 Å². The van der Waals surface area contributed by atoms with Crippen LogP contribution in [0.25, 0.3) is 0 Å². The molecule has 0 aromatic carbocycles. The molecular formula is C10H17NO4. The Bertz CT molecular complexity index is 258. The number of hydrogen-bond donors (Lipinski definition) is 3. The van der Waals surface area contributed by atoms with Gasteiger partial charge in [0, 0.05) is 12.5 Å². The zero-order valence-corrected chi connectivity index (χ0v) is 8.54. The molecule has 5 heteroatoms. The number of nitrogens with zero attached hydrogens (tertiary/aromatic N) is 1. The Labute approximate surface area is 88.3 Å². The molecule has 3 N–H and O–H groups in total. The number of fused-ring (bicyclic) bond motifs is 1. The van der Waals surface area contributed by atoms with Crippen LogP contribution >= 0.6 is 0 Å². The molecule has 0 saturated carbocycles. The minimum atomic E-state index is -1.02. The Kier molecular flexibility index (Phi) is 2.95. The van der Waals surface area contributed by atoms with Gasteiger partial charge in [0.1, 0.15) is 6.10 Å². The summed E-state index contributed by atoms with van der Waals surface area (Å²) in [6, 6.07) is -0.645. The van der Waals surface area contributed by atoms with E-state index in [0.717, 1.165) is 12.8 Å². The van der Waals surface area contributed by atoms with Crippen LogP contribution in [-0.4, -0.2) is 57.0 Å². The highest BCUT2D eigenvalue weighted by molar-refractivity contribution is 5.78. The first kappa shape index (κ1) is 10.9. The standard InChI is InChI=1S/C10H17NO4/c12-5-7-10(15)8(13)4-6-2-1-3-9(14)11(6)7/h6-8,10,12-13,15H,1-5H2/t6-,7+,8-,10-/m1/s1. The average molecular weight is 215 g/mol. The van der Waals surface area contributed by atoms with Crippen molar-refractivity contribution in [2.45, 2.75) is 50.0 Å². The van der Waals surface area contributed by atoms with Gasteiger partial charge in [-0.15, -0.1) is 0 Å². The molecule has 2 saturated heterocycles. The van der Waals surface area contributed by atoms with E-state index in [4.69, 9.17) is 0 Å². The second-order valence-corrected chi connectivity index (χ2v) is 4.39. The quantitative estimate of drug-likeness (QED) is 0.516. The smallest absolute Gasteiger partial charge is 0.223 e. The maximum absolute atomic E-state index is 11.7. The van der Waals surface area contributed by atoms with Gasteiger partial charge in [0.15, 0.2) is 0 Å². The molecule has 0 aromatic heterocycles. The van der Waals surface area contributed by atoms with Gasteiger partial charge in [0.05, 0.1) is 18.8 Å². The lowest BCUT2D eigenvalue weighted by atomic mass is 9.85. The van der Waals surface area contributed by atoms with E-state index in [1.807, 2.05) is 0 Å². The van der Waals surface area contributed by atoms with Crippen LogP contribution in [0.15, 0.2) is 0 Å². The van der Waals surface area contributed by atoms with Gasteiger partial charge in [-0.2, -0.15) is 0 Å². The summed E-state index contributed by atoms with van der Waals surface area (Å²) in [7, 11) is 0. The molecule has 0 aliphatic carbocycles. The fourth-order valence-electron chi connectivity index (χ4n) is 2.68. The van der Waals surface area contributed by atoms with Crippen molar-refractivity contribution in [2.75, 3.05) is 6.61 Å². The normalized spacial score (nSPS) is 41.5. The molecule has 15 heavy (non-hydrogen) atoms. The van der Waals surface area contributed by atoms with Crippen LogP contribution in [0.3, 0.4) is 0 Å². The van der Waals surface area contributed by atoms with Crippen LogP contribution in [0.5, 0.6) is 0 Å². The number of aliphatic hydroxyl groups excluding tert-OH is 3. The van der Waals surface area contributed by atoms with Crippen molar-refractivity contribution in [3.63, 3.8) is 0 Å². The van der Waals surface area contributed by atoms with Gasteiger partial charge in [-0.3, -0.25) is 4.79 Å². The summed E-state index contributed by atoms with van der Waals surface area (Å²) >= 11 is 0. The van der Waals surface area contributed by atoms with Gasteiger partial charge in [0.25, 0.3) is 0 Å². The molecule has 2 heterocycles. The van der Waals surface area contributed by atoms with Crippen LogP contribution in [0.4, 0.5) is 0 Å². The summed E-state index contributed by atoms with van der Waals surface area (Å²) < 4.78 is 0. The molecule has 2 aliphatic heterocycles. The van der Waals surface area contributed by atoms with Crippen LogP contribution in [0.1, 0.15) is 25.7 Å². The SMILES string of the molecule is O=C1CCC[C@@H]2C[C@@H](O)[C@H](O)[C@H](CO)N12. The number of amides is 1. The highest BCUT2D eigenvalue weighted by Crippen LogP contribution is 2.31. The molecule has 0 aromatic rings. The van der Waals surface area contributed by atoms with Crippen LogP contribution in [0, 0.1) is 0 Å². The van der Waals surface area contributed by atoms with Crippen molar-refractivity contribution in [3.05, 3.63) is 0 Å². The fraction of sp³-hybridized carbons (Fsp3) is 0.900. The van der Waals surface area contributed by atoms with Crippen molar-refractivity contribution < 1.29 is 20.1 Å². The minimum absolute atomic E-state index is 0.0122. The van der Waals surface area contributed by atoms with E-state index in [2.05, 4.69) is 0 Å². The van der Waals surface area contributed by atoms with E-state index in [1.165, 1.54) is 0 Å². The molecule has 0 spiro atoms. The molecule has 5 nitrogen and oxygen atoms in total. The third kappa shape index (κ3) is 1.75. The van der Waals surface area contributed by atoms with Crippen molar-refractivity contribution in [3.8, 4) is 0 Å². The van der Waals surface area contributed by atoms with E-state index in [9.17, 15) is 20.1 Å². The molecule has 2 rings (SSSR count). The molecule has 0 bridgehead atoms. The molecular weight excluding hydrogens is 198 g/mol. The Morgan fingerprint density at radius 3 is 2.80 bits per heavy atom. The van der Waals surface area contributed by atoms with Gasteiger partial charge < -0.3 is 20.2 Å². The Balaban J connectivity index is 2.21. The van der Waals surface area contributed by atoms with Gasteiger partial charge in [-0.05, 0) is 19.3 Å². The van der Waals surface area contributed by atoms with Crippen molar-refractivity contribution >= 4 is 5.91 Å². The number of carbonyl (C=O) groups excluding carboxylic acids is 1. The second-order valence-electron chi connectivity index (χ2n) is 4.39. The minimum Gasteiger partial charge on any atom is -0.394 e. The molecule has 0 radical (unpaired) electrons. The van der Waals surface area contributed by atoms with Gasteiger partial charge >= 0.3 is 0 Å². The summed E-state index contributed by atoms with van der Waals surface area (Å²) in [6.07, 6.45) is 0.745. The third-order valence-electron chi connectivity index (χ3n) is 3.46. The highest BCUT2D eigenvalue weighted by atomic mass is 16.3. The average Bonchev–Trinajstić information content (AvgIpc) is 2.21. The number of carbonyl (C=O) groups is 1. The van der Waals surface area contributed by atoms with Crippen LogP contribution < -0.4 is 0 Å². The van der Waals surface area contributed by atoms with E-state index in [-0.39, 0.29) is 18.6 Å². The number of rotatable bonds is 1. The fourth-order valence-corrected chi connectivity index (χ4v) is 2.68. The first-order valence-corrected chi connectivity index (χ1v) is 5.43. The van der Waals surface area contributed by atoms with Crippen molar-refractivity contribution in [1.29, 1.82) is 0 Å². The first-order valence-electron chi connectivity index (χ1n) is 5.43. The second kappa shape index (κ2) is 4.08. The topological polar surface area (TPSA) is 81.0 Å². The lowest BCUT2D eigenvalue weighted by Gasteiger charge is -2.48. The monoisotopic (exact) mass is 215 g/mol.